The molecule has 11 rings (SSSR count). The van der Waals surface area contributed by atoms with Crippen molar-refractivity contribution in [3.05, 3.63) is 182 Å². The van der Waals surface area contributed by atoms with Crippen molar-refractivity contribution in [1.29, 1.82) is 0 Å². The van der Waals surface area contributed by atoms with E-state index in [0.717, 1.165) is 0 Å². The molecule has 2 aliphatic rings. The van der Waals surface area contributed by atoms with Gasteiger partial charge in [0.15, 0.2) is 0 Å². The molecule has 0 unspecified atom stereocenters. The SMILES string of the molecule is c1ccc(-c2cc3ccccc3cc2-c2ccc3c(c2)c(-c2ccccc2)cc2cc(-c4ccc5c(c4)-c4ccccc4[Si]54CCCC4)ccc23)cc1. The lowest BCUT2D eigenvalue weighted by atomic mass is 9.87. The van der Waals surface area contributed by atoms with Gasteiger partial charge in [0.2, 0.25) is 0 Å². The molecule has 0 bridgehead atoms. The van der Waals surface area contributed by atoms with E-state index in [9.17, 15) is 0 Å². The van der Waals surface area contributed by atoms with Crippen molar-refractivity contribution >= 4 is 50.8 Å². The summed E-state index contributed by atoms with van der Waals surface area (Å²) in [5.74, 6) is 0. The predicted molar refractivity (Wildman–Crippen MR) is 230 cm³/mol. The van der Waals surface area contributed by atoms with Crippen LogP contribution in [0.25, 0.3) is 88.0 Å². The lowest BCUT2D eigenvalue weighted by Gasteiger charge is -2.23. The zero-order chi connectivity index (χ0) is 34.9. The van der Waals surface area contributed by atoms with Crippen LogP contribution in [-0.2, 0) is 0 Å². The van der Waals surface area contributed by atoms with Crippen LogP contribution in [0.4, 0.5) is 0 Å². The van der Waals surface area contributed by atoms with Crippen LogP contribution >= 0.6 is 0 Å². The number of hydrogen-bond acceptors (Lipinski definition) is 0. The summed E-state index contributed by atoms with van der Waals surface area (Å²) in [5, 5.41) is 11.0. The lowest BCUT2D eigenvalue weighted by molar-refractivity contribution is 0.935. The maximum atomic E-state index is 2.51. The Hall–Kier alpha value is -6.02. The highest BCUT2D eigenvalue weighted by atomic mass is 28.3. The second-order valence-electron chi connectivity index (χ2n) is 15.2. The molecule has 0 amide bonds. The van der Waals surface area contributed by atoms with Crippen LogP contribution in [-0.4, -0.2) is 8.07 Å². The Balaban J connectivity index is 1.09. The second-order valence-corrected chi connectivity index (χ2v) is 19.4. The van der Waals surface area contributed by atoms with Crippen LogP contribution < -0.4 is 10.4 Å². The highest BCUT2D eigenvalue weighted by Gasteiger charge is 2.46. The Bertz CT molecular complexity index is 2880. The summed E-state index contributed by atoms with van der Waals surface area (Å²) in [6, 6.07) is 71.5. The fraction of sp³-hybridized carbons (Fsp3) is 0.0769. The second kappa shape index (κ2) is 12.0. The van der Waals surface area contributed by atoms with E-state index in [0.29, 0.717) is 0 Å². The molecule has 53 heavy (non-hydrogen) atoms. The highest BCUT2D eigenvalue weighted by Crippen LogP contribution is 2.43. The van der Waals surface area contributed by atoms with Crippen molar-refractivity contribution in [2.75, 3.05) is 0 Å². The fourth-order valence-corrected chi connectivity index (χ4v) is 15.5. The summed E-state index contributed by atoms with van der Waals surface area (Å²) in [5.41, 5.74) is 13.1. The molecule has 0 atom stereocenters. The van der Waals surface area contributed by atoms with E-state index >= 15 is 0 Å². The van der Waals surface area contributed by atoms with Crippen LogP contribution in [0, 0.1) is 0 Å². The van der Waals surface area contributed by atoms with Crippen molar-refractivity contribution < 1.29 is 0 Å². The standard InChI is InChI=1S/C52H38Si/c1-3-13-35(14-4-1)46-30-37-17-7-8-18-38(37)31-48(46)41-22-25-44-43-24-21-39(29-42(43)34-47(49(44)33-41)36-15-5-2-6-16-36)40-23-26-52-50(32-40)45-19-9-10-20-51(45)53(52)27-11-12-28-53/h1-10,13-26,29-34H,11-12,27-28H2. The third-order valence-electron chi connectivity index (χ3n) is 12.4. The number of rotatable bonds is 4. The van der Waals surface area contributed by atoms with Gasteiger partial charge >= 0.3 is 0 Å². The van der Waals surface area contributed by atoms with Crippen LogP contribution in [0.3, 0.4) is 0 Å². The quantitative estimate of drug-likeness (QED) is 0.127. The first-order valence-electron chi connectivity index (χ1n) is 19.1. The van der Waals surface area contributed by atoms with Gasteiger partial charge in [-0.3, -0.25) is 0 Å². The van der Waals surface area contributed by atoms with Gasteiger partial charge in [-0.15, -0.1) is 0 Å². The smallest absolute Gasteiger partial charge is 0.0623 e. The number of benzene rings is 9. The zero-order valence-electron chi connectivity index (χ0n) is 29.6. The molecular weight excluding hydrogens is 653 g/mol. The van der Waals surface area contributed by atoms with Crippen LogP contribution in [0.1, 0.15) is 12.8 Å². The van der Waals surface area contributed by atoms with Crippen LogP contribution in [0.5, 0.6) is 0 Å². The van der Waals surface area contributed by atoms with Gasteiger partial charge in [-0.1, -0.05) is 158 Å². The van der Waals surface area contributed by atoms with Gasteiger partial charge in [0.05, 0.1) is 0 Å². The van der Waals surface area contributed by atoms with Crippen molar-refractivity contribution in [2.24, 2.45) is 0 Å². The molecule has 250 valence electrons. The van der Waals surface area contributed by atoms with E-state index in [1.807, 2.05) is 0 Å². The molecule has 0 aromatic heterocycles. The van der Waals surface area contributed by atoms with Crippen molar-refractivity contribution in [1.82, 2.24) is 0 Å². The summed E-state index contributed by atoms with van der Waals surface area (Å²) in [6.45, 7) is 0. The summed E-state index contributed by atoms with van der Waals surface area (Å²) in [7, 11) is -1.62. The zero-order valence-corrected chi connectivity index (χ0v) is 30.6. The molecule has 1 fully saturated rings. The molecule has 9 aromatic rings. The van der Waals surface area contributed by atoms with Crippen LogP contribution in [0.15, 0.2) is 182 Å². The third-order valence-corrected chi connectivity index (χ3v) is 17.7. The molecule has 1 heteroatoms. The summed E-state index contributed by atoms with van der Waals surface area (Å²) in [4.78, 5) is 0. The Morgan fingerprint density at radius 1 is 0.283 bits per heavy atom. The minimum Gasteiger partial charge on any atom is -0.0623 e. The molecular formula is C52H38Si. The van der Waals surface area contributed by atoms with Gasteiger partial charge in [0, 0.05) is 0 Å². The molecule has 1 spiro atoms. The van der Waals surface area contributed by atoms with Crippen molar-refractivity contribution in [3.63, 3.8) is 0 Å². The van der Waals surface area contributed by atoms with E-state index in [4.69, 9.17) is 0 Å². The maximum absolute atomic E-state index is 2.51. The van der Waals surface area contributed by atoms with Gasteiger partial charge in [-0.2, -0.15) is 0 Å². The topological polar surface area (TPSA) is 0 Å². The fourth-order valence-electron chi connectivity index (χ4n) is 9.86. The third kappa shape index (κ3) is 4.81. The van der Waals surface area contributed by atoms with E-state index < -0.39 is 8.07 Å². The van der Waals surface area contributed by atoms with E-state index in [-0.39, 0.29) is 0 Å². The molecule has 0 nitrogen and oxygen atoms in total. The minimum atomic E-state index is -1.62. The van der Waals surface area contributed by atoms with E-state index in [2.05, 4.69) is 182 Å². The largest absolute Gasteiger partial charge is 0.119 e. The van der Waals surface area contributed by atoms with Gasteiger partial charge in [-0.05, 0) is 147 Å². The summed E-state index contributed by atoms with van der Waals surface area (Å²) >= 11 is 0. The van der Waals surface area contributed by atoms with E-state index in [1.165, 1.54) is 113 Å². The monoisotopic (exact) mass is 690 g/mol. The molecule has 0 aliphatic carbocycles. The average molecular weight is 691 g/mol. The highest BCUT2D eigenvalue weighted by molar-refractivity contribution is 7.06. The lowest BCUT2D eigenvalue weighted by Crippen LogP contribution is -2.52. The van der Waals surface area contributed by atoms with Crippen molar-refractivity contribution in [3.8, 4) is 55.6 Å². The normalized spacial score (nSPS) is 14.3. The molecule has 0 N–H and O–H groups in total. The number of hydrogen-bond donors (Lipinski definition) is 0. The van der Waals surface area contributed by atoms with Gasteiger partial charge in [-0.25, -0.2) is 0 Å². The molecule has 1 saturated heterocycles. The van der Waals surface area contributed by atoms with Crippen molar-refractivity contribution in [2.45, 2.75) is 24.9 Å². The Labute approximate surface area is 312 Å². The minimum absolute atomic E-state index is 1.23. The molecule has 2 heterocycles. The maximum Gasteiger partial charge on any atom is 0.119 e. The molecule has 2 aliphatic heterocycles. The molecule has 0 saturated carbocycles. The summed E-state index contributed by atoms with van der Waals surface area (Å²) < 4.78 is 0. The van der Waals surface area contributed by atoms with Gasteiger partial charge < -0.3 is 0 Å². The van der Waals surface area contributed by atoms with Gasteiger partial charge in [0.1, 0.15) is 8.07 Å². The Morgan fingerprint density at radius 2 is 0.830 bits per heavy atom. The Kier molecular flexibility index (Phi) is 6.94. The Morgan fingerprint density at radius 3 is 1.58 bits per heavy atom. The molecule has 0 radical (unpaired) electrons. The van der Waals surface area contributed by atoms with Gasteiger partial charge in [0.25, 0.3) is 0 Å². The van der Waals surface area contributed by atoms with Crippen LogP contribution in [0.2, 0.25) is 12.1 Å². The van der Waals surface area contributed by atoms with E-state index in [1.54, 1.807) is 10.4 Å². The first-order valence-corrected chi connectivity index (χ1v) is 21.5. The predicted octanol–water partition coefficient (Wildman–Crippen LogP) is 13.2. The first kappa shape index (κ1) is 30.6. The molecule has 9 aromatic carbocycles. The first-order chi connectivity index (χ1) is 26.2. The number of fused-ring (bicyclic) bond motifs is 9. The average Bonchev–Trinajstić information content (AvgIpc) is 3.83. The summed E-state index contributed by atoms with van der Waals surface area (Å²) in [6.07, 6.45) is 2.75.